The highest BCUT2D eigenvalue weighted by molar-refractivity contribution is 14.1. The number of aromatic nitrogens is 2. The van der Waals surface area contributed by atoms with E-state index in [0.717, 1.165) is 0 Å². The van der Waals surface area contributed by atoms with Crippen LogP contribution in [0.1, 0.15) is 17.0 Å². The van der Waals surface area contributed by atoms with Crippen molar-refractivity contribution in [3.8, 4) is 6.07 Å². The average molecular weight is 369 g/mol. The Morgan fingerprint density at radius 2 is 2.26 bits per heavy atom. The molecule has 0 aliphatic rings. The number of nitrogens with zero attached hydrogens (tertiary/aromatic N) is 3. The van der Waals surface area contributed by atoms with E-state index >= 15 is 0 Å². The van der Waals surface area contributed by atoms with Crippen LogP contribution in [0.25, 0.3) is 0 Å². The van der Waals surface area contributed by atoms with Crippen LogP contribution in [0.2, 0.25) is 0 Å². The molecule has 0 N–H and O–H groups in total. The minimum Gasteiger partial charge on any atom is -0.291 e. The molecule has 2 rings (SSSR count). The zero-order valence-electron chi connectivity index (χ0n) is 10.0. The smallest absolute Gasteiger partial charge is 0.267 e. The van der Waals surface area contributed by atoms with Crippen LogP contribution < -0.4 is 5.56 Å². The summed E-state index contributed by atoms with van der Waals surface area (Å²) in [5.41, 5.74) is 0.448. The lowest BCUT2D eigenvalue weighted by molar-refractivity contribution is 0.588. The molecule has 0 saturated heterocycles. The lowest BCUT2D eigenvalue weighted by Crippen LogP contribution is -2.26. The van der Waals surface area contributed by atoms with E-state index in [1.807, 2.05) is 28.7 Å². The topological polar surface area (TPSA) is 58.7 Å². The van der Waals surface area contributed by atoms with Crippen LogP contribution in [0.3, 0.4) is 0 Å². The van der Waals surface area contributed by atoms with Gasteiger partial charge >= 0.3 is 0 Å². The third-order valence-corrected chi connectivity index (χ3v) is 3.45. The SMILES string of the molecule is Cc1ncc(I)c(=O)n1Cc1cc(C#N)ccc1F. The van der Waals surface area contributed by atoms with E-state index in [1.165, 1.54) is 29.0 Å². The van der Waals surface area contributed by atoms with Crippen molar-refractivity contribution in [3.63, 3.8) is 0 Å². The Hall–Kier alpha value is -1.75. The fraction of sp³-hybridized carbons (Fsp3) is 0.154. The fourth-order valence-corrected chi connectivity index (χ4v) is 2.10. The Kier molecular flexibility index (Phi) is 3.95. The molecule has 0 bridgehead atoms. The van der Waals surface area contributed by atoms with Gasteiger partial charge in [0, 0.05) is 11.8 Å². The Balaban J connectivity index is 2.51. The molecular formula is C13H9FIN3O. The zero-order chi connectivity index (χ0) is 14.0. The Bertz CT molecular complexity index is 734. The van der Waals surface area contributed by atoms with Crippen molar-refractivity contribution in [1.29, 1.82) is 5.26 Å². The van der Waals surface area contributed by atoms with Crippen molar-refractivity contribution >= 4 is 22.6 Å². The molecule has 6 heteroatoms. The lowest BCUT2D eigenvalue weighted by Gasteiger charge is -2.10. The van der Waals surface area contributed by atoms with E-state index in [0.29, 0.717) is 20.5 Å². The third kappa shape index (κ3) is 2.81. The maximum Gasteiger partial charge on any atom is 0.267 e. The number of benzene rings is 1. The van der Waals surface area contributed by atoms with Gasteiger partial charge in [0.05, 0.1) is 21.7 Å². The summed E-state index contributed by atoms with van der Waals surface area (Å²) in [5.74, 6) is 0.0661. The number of nitriles is 1. The molecule has 0 radical (unpaired) electrons. The quantitative estimate of drug-likeness (QED) is 0.763. The molecule has 0 spiro atoms. The van der Waals surface area contributed by atoms with Gasteiger partial charge in [0.2, 0.25) is 0 Å². The van der Waals surface area contributed by atoms with E-state index in [4.69, 9.17) is 5.26 Å². The van der Waals surface area contributed by atoms with Crippen LogP contribution in [-0.2, 0) is 6.54 Å². The van der Waals surface area contributed by atoms with Gasteiger partial charge in [0.25, 0.3) is 5.56 Å². The summed E-state index contributed by atoms with van der Waals surface area (Å²) < 4.78 is 15.6. The van der Waals surface area contributed by atoms with Gasteiger partial charge in [-0.3, -0.25) is 9.36 Å². The van der Waals surface area contributed by atoms with Gasteiger partial charge in [0.1, 0.15) is 11.6 Å². The van der Waals surface area contributed by atoms with Gasteiger partial charge in [-0.05, 0) is 47.7 Å². The number of aryl methyl sites for hydroxylation is 1. The summed E-state index contributed by atoms with van der Waals surface area (Å²) in [6.45, 7) is 1.75. The van der Waals surface area contributed by atoms with E-state index in [-0.39, 0.29) is 12.1 Å². The van der Waals surface area contributed by atoms with Crippen molar-refractivity contribution in [2.45, 2.75) is 13.5 Å². The Morgan fingerprint density at radius 3 is 2.95 bits per heavy atom. The average Bonchev–Trinajstić information content (AvgIpc) is 2.41. The second kappa shape index (κ2) is 5.48. The summed E-state index contributed by atoms with van der Waals surface area (Å²) in [7, 11) is 0. The molecular weight excluding hydrogens is 360 g/mol. The number of hydrogen-bond donors (Lipinski definition) is 0. The molecule has 0 amide bonds. The molecule has 0 aliphatic carbocycles. The van der Waals surface area contributed by atoms with Crippen molar-refractivity contribution in [2.75, 3.05) is 0 Å². The normalized spacial score (nSPS) is 10.2. The first-order valence-electron chi connectivity index (χ1n) is 5.43. The van der Waals surface area contributed by atoms with E-state index < -0.39 is 5.82 Å². The zero-order valence-corrected chi connectivity index (χ0v) is 12.2. The van der Waals surface area contributed by atoms with Crippen LogP contribution in [0.4, 0.5) is 4.39 Å². The van der Waals surface area contributed by atoms with Crippen molar-refractivity contribution in [1.82, 2.24) is 9.55 Å². The highest BCUT2D eigenvalue weighted by atomic mass is 127. The number of hydrogen-bond acceptors (Lipinski definition) is 3. The molecule has 96 valence electrons. The Labute approximate surface area is 122 Å². The first-order valence-corrected chi connectivity index (χ1v) is 6.51. The van der Waals surface area contributed by atoms with E-state index in [1.54, 1.807) is 6.92 Å². The highest BCUT2D eigenvalue weighted by Crippen LogP contribution is 2.12. The summed E-state index contributed by atoms with van der Waals surface area (Å²) in [5, 5.41) is 8.82. The molecule has 0 saturated carbocycles. The van der Waals surface area contributed by atoms with Crippen LogP contribution >= 0.6 is 22.6 Å². The molecule has 0 unspecified atom stereocenters. The Morgan fingerprint density at radius 1 is 1.53 bits per heavy atom. The van der Waals surface area contributed by atoms with E-state index in [2.05, 4.69) is 4.98 Å². The van der Waals surface area contributed by atoms with Gasteiger partial charge in [-0.2, -0.15) is 5.26 Å². The summed E-state index contributed by atoms with van der Waals surface area (Å²) in [4.78, 5) is 16.1. The molecule has 1 aromatic heterocycles. The highest BCUT2D eigenvalue weighted by Gasteiger charge is 2.10. The summed E-state index contributed by atoms with van der Waals surface area (Å²) >= 11 is 1.89. The van der Waals surface area contributed by atoms with E-state index in [9.17, 15) is 9.18 Å². The molecule has 19 heavy (non-hydrogen) atoms. The molecule has 0 atom stereocenters. The largest absolute Gasteiger partial charge is 0.291 e. The summed E-state index contributed by atoms with van der Waals surface area (Å²) in [6, 6.07) is 6.03. The third-order valence-electron chi connectivity index (χ3n) is 2.71. The standard InChI is InChI=1S/C13H9FIN3O/c1-8-17-6-12(15)13(19)18(8)7-10-4-9(5-16)2-3-11(10)14/h2-4,6H,7H2,1H3. The van der Waals surface area contributed by atoms with Crippen molar-refractivity contribution < 1.29 is 4.39 Å². The molecule has 0 fully saturated rings. The monoisotopic (exact) mass is 369 g/mol. The minimum atomic E-state index is -0.441. The molecule has 1 aromatic carbocycles. The van der Waals surface area contributed by atoms with Crippen molar-refractivity contribution in [2.24, 2.45) is 0 Å². The molecule has 1 heterocycles. The van der Waals surface area contributed by atoms with Gasteiger partial charge in [0.15, 0.2) is 0 Å². The van der Waals surface area contributed by atoms with Crippen LogP contribution in [0.5, 0.6) is 0 Å². The lowest BCUT2D eigenvalue weighted by atomic mass is 10.1. The fourth-order valence-electron chi connectivity index (χ4n) is 1.67. The molecule has 4 nitrogen and oxygen atoms in total. The predicted octanol–water partition coefficient (Wildman–Crippen LogP) is 2.22. The van der Waals surface area contributed by atoms with Crippen LogP contribution in [-0.4, -0.2) is 9.55 Å². The van der Waals surface area contributed by atoms with Crippen LogP contribution in [0, 0.1) is 27.6 Å². The van der Waals surface area contributed by atoms with Gasteiger partial charge < -0.3 is 0 Å². The van der Waals surface area contributed by atoms with Gasteiger partial charge in [-0.25, -0.2) is 9.37 Å². The number of rotatable bonds is 2. The second-order valence-corrected chi connectivity index (χ2v) is 5.12. The second-order valence-electron chi connectivity index (χ2n) is 3.96. The molecule has 2 aromatic rings. The van der Waals surface area contributed by atoms with Gasteiger partial charge in [-0.1, -0.05) is 0 Å². The number of halogens is 2. The van der Waals surface area contributed by atoms with Crippen molar-refractivity contribution in [3.05, 3.63) is 61.1 Å². The molecule has 0 aliphatic heterocycles. The van der Waals surface area contributed by atoms with Crippen LogP contribution in [0.15, 0.2) is 29.2 Å². The predicted molar refractivity (Wildman–Crippen MR) is 76.2 cm³/mol. The summed E-state index contributed by atoms with van der Waals surface area (Å²) in [6.07, 6.45) is 1.48. The first-order chi connectivity index (χ1) is 9.02. The maximum absolute atomic E-state index is 13.7. The maximum atomic E-state index is 13.7. The minimum absolute atomic E-state index is 0.0653. The first kappa shape index (κ1) is 13.7. The van der Waals surface area contributed by atoms with Gasteiger partial charge in [-0.15, -0.1) is 0 Å².